The molecule has 18 heavy (non-hydrogen) atoms. The normalized spacial score (nSPS) is 11.5. The summed E-state index contributed by atoms with van der Waals surface area (Å²) < 4.78 is 24.4. The molecule has 0 saturated heterocycles. The molecule has 0 heterocycles. The van der Waals surface area contributed by atoms with Crippen LogP contribution < -0.4 is 15.4 Å². The van der Waals surface area contributed by atoms with Crippen molar-refractivity contribution in [3.8, 4) is 0 Å². The summed E-state index contributed by atoms with van der Waals surface area (Å²) in [5.74, 6) is 0. The van der Waals surface area contributed by atoms with E-state index in [4.69, 9.17) is 17.3 Å². The summed E-state index contributed by atoms with van der Waals surface area (Å²) in [6.07, 6.45) is 1.14. The van der Waals surface area contributed by atoms with E-state index in [-0.39, 0.29) is 0 Å². The highest BCUT2D eigenvalue weighted by molar-refractivity contribution is 7.88. The number of likely N-dealkylation sites (N-methyl/N-ethyl adjacent to an activating group) is 1. The molecule has 0 aliphatic heterocycles. The van der Waals surface area contributed by atoms with Crippen LogP contribution in [0.15, 0.2) is 18.2 Å². The van der Waals surface area contributed by atoms with Crippen LogP contribution in [0.2, 0.25) is 5.02 Å². The summed E-state index contributed by atoms with van der Waals surface area (Å²) in [6.45, 7) is 3.68. The second kappa shape index (κ2) is 6.26. The SMILES string of the molecule is CCN(CCNS(C)(=O)=O)c1ccc(N)c(Cl)c1. The number of nitrogens with zero attached hydrogens (tertiary/aromatic N) is 1. The third-order valence-electron chi connectivity index (χ3n) is 2.48. The molecule has 1 aromatic rings. The Hall–Kier alpha value is -0.980. The van der Waals surface area contributed by atoms with E-state index in [9.17, 15) is 8.42 Å². The van der Waals surface area contributed by atoms with Gasteiger partial charge in [0, 0.05) is 25.3 Å². The Balaban J connectivity index is 2.68. The van der Waals surface area contributed by atoms with Crippen molar-refractivity contribution in [3.05, 3.63) is 23.2 Å². The minimum atomic E-state index is -3.15. The molecule has 0 aliphatic rings. The number of sulfonamides is 1. The molecule has 0 atom stereocenters. The van der Waals surface area contributed by atoms with Crippen molar-refractivity contribution in [2.24, 2.45) is 0 Å². The second-order valence-corrected chi connectivity index (χ2v) is 6.19. The maximum absolute atomic E-state index is 11.0. The third-order valence-corrected chi connectivity index (χ3v) is 3.53. The van der Waals surface area contributed by atoms with Crippen LogP contribution in [0.5, 0.6) is 0 Å². The zero-order chi connectivity index (χ0) is 13.8. The highest BCUT2D eigenvalue weighted by atomic mass is 35.5. The number of hydrogen-bond acceptors (Lipinski definition) is 4. The lowest BCUT2D eigenvalue weighted by atomic mass is 10.2. The van der Waals surface area contributed by atoms with E-state index in [0.717, 1.165) is 18.5 Å². The lowest BCUT2D eigenvalue weighted by molar-refractivity contribution is 0.587. The Morgan fingerprint density at radius 1 is 1.44 bits per heavy atom. The molecule has 1 rings (SSSR count). The maximum Gasteiger partial charge on any atom is 0.208 e. The smallest absolute Gasteiger partial charge is 0.208 e. The van der Waals surface area contributed by atoms with Gasteiger partial charge in [-0.15, -0.1) is 0 Å². The summed E-state index contributed by atoms with van der Waals surface area (Å²) >= 11 is 5.96. The number of anilines is 2. The van der Waals surface area contributed by atoms with Gasteiger partial charge in [-0.1, -0.05) is 11.6 Å². The topological polar surface area (TPSA) is 75.4 Å². The standard InChI is InChI=1S/C11H18ClN3O2S/c1-3-15(7-6-14-18(2,16)17)9-4-5-11(13)10(12)8-9/h4-5,8,14H,3,6-7,13H2,1-2H3. The van der Waals surface area contributed by atoms with Crippen molar-refractivity contribution in [2.75, 3.05) is 36.5 Å². The molecule has 3 N–H and O–H groups in total. The fraction of sp³-hybridized carbons (Fsp3) is 0.455. The summed E-state index contributed by atoms with van der Waals surface area (Å²) in [7, 11) is -3.15. The fourth-order valence-electron chi connectivity index (χ4n) is 1.55. The average Bonchev–Trinajstić information content (AvgIpc) is 2.27. The molecular weight excluding hydrogens is 274 g/mol. The first-order valence-corrected chi connectivity index (χ1v) is 7.85. The van der Waals surface area contributed by atoms with Gasteiger partial charge in [-0.2, -0.15) is 0 Å². The van der Waals surface area contributed by atoms with Crippen LogP contribution in [0, 0.1) is 0 Å². The first-order valence-electron chi connectivity index (χ1n) is 5.58. The first-order chi connectivity index (χ1) is 8.33. The van der Waals surface area contributed by atoms with Crippen molar-refractivity contribution < 1.29 is 8.42 Å². The molecule has 102 valence electrons. The van der Waals surface area contributed by atoms with Crippen LogP contribution in [-0.4, -0.2) is 34.3 Å². The number of hydrogen-bond donors (Lipinski definition) is 2. The zero-order valence-electron chi connectivity index (χ0n) is 10.5. The van der Waals surface area contributed by atoms with Crippen LogP contribution in [0.25, 0.3) is 0 Å². The van der Waals surface area contributed by atoms with Gasteiger partial charge >= 0.3 is 0 Å². The molecule has 5 nitrogen and oxygen atoms in total. The van der Waals surface area contributed by atoms with Crippen molar-refractivity contribution in [3.63, 3.8) is 0 Å². The summed E-state index contributed by atoms with van der Waals surface area (Å²) in [5, 5.41) is 0.502. The van der Waals surface area contributed by atoms with Crippen molar-refractivity contribution in [1.82, 2.24) is 4.72 Å². The molecular formula is C11H18ClN3O2S. The average molecular weight is 292 g/mol. The first kappa shape index (κ1) is 15.1. The van der Waals surface area contributed by atoms with Crippen molar-refractivity contribution in [1.29, 1.82) is 0 Å². The monoisotopic (exact) mass is 291 g/mol. The van der Waals surface area contributed by atoms with Gasteiger partial charge in [0.15, 0.2) is 0 Å². The van der Waals surface area contributed by atoms with Gasteiger partial charge in [0.2, 0.25) is 10.0 Å². The third kappa shape index (κ3) is 4.72. The maximum atomic E-state index is 11.0. The Bertz CT molecular complexity index is 505. The van der Waals surface area contributed by atoms with Crippen LogP contribution in [0.3, 0.4) is 0 Å². The number of nitrogens with one attached hydrogen (secondary N) is 1. The highest BCUT2D eigenvalue weighted by Gasteiger charge is 2.07. The largest absolute Gasteiger partial charge is 0.398 e. The van der Waals surface area contributed by atoms with E-state index in [1.807, 2.05) is 17.9 Å². The highest BCUT2D eigenvalue weighted by Crippen LogP contribution is 2.24. The molecule has 0 aliphatic carbocycles. The van der Waals surface area contributed by atoms with E-state index < -0.39 is 10.0 Å². The molecule has 0 radical (unpaired) electrons. The van der Waals surface area contributed by atoms with Gasteiger partial charge in [-0.25, -0.2) is 13.1 Å². The Labute approximate surface area is 113 Å². The minimum Gasteiger partial charge on any atom is -0.398 e. The predicted octanol–water partition coefficient (Wildman–Crippen LogP) is 1.30. The van der Waals surface area contributed by atoms with Crippen molar-refractivity contribution >= 4 is 33.0 Å². The van der Waals surface area contributed by atoms with Gasteiger partial charge in [0.25, 0.3) is 0 Å². The number of rotatable bonds is 6. The van der Waals surface area contributed by atoms with Gasteiger partial charge in [0.05, 0.1) is 17.0 Å². The molecule has 0 aromatic heterocycles. The molecule has 0 unspecified atom stereocenters. The van der Waals surface area contributed by atoms with Crippen LogP contribution in [0.1, 0.15) is 6.92 Å². The number of nitrogens with two attached hydrogens (primary N) is 1. The molecule has 7 heteroatoms. The van der Waals surface area contributed by atoms with E-state index in [1.165, 1.54) is 0 Å². The van der Waals surface area contributed by atoms with Gasteiger partial charge < -0.3 is 10.6 Å². The second-order valence-electron chi connectivity index (χ2n) is 3.95. The Morgan fingerprint density at radius 2 is 2.11 bits per heavy atom. The fourth-order valence-corrected chi connectivity index (χ4v) is 2.19. The zero-order valence-corrected chi connectivity index (χ0v) is 12.1. The van der Waals surface area contributed by atoms with Gasteiger partial charge in [-0.3, -0.25) is 0 Å². The molecule has 0 spiro atoms. The Morgan fingerprint density at radius 3 is 2.61 bits per heavy atom. The quantitative estimate of drug-likeness (QED) is 0.775. The minimum absolute atomic E-state index is 0.356. The van der Waals surface area contributed by atoms with E-state index in [2.05, 4.69) is 4.72 Å². The van der Waals surface area contributed by atoms with Gasteiger partial charge in [-0.05, 0) is 25.1 Å². The van der Waals surface area contributed by atoms with E-state index in [0.29, 0.717) is 23.8 Å². The number of halogens is 1. The Kier molecular flexibility index (Phi) is 5.25. The summed E-state index contributed by atoms with van der Waals surface area (Å²) in [4.78, 5) is 2.02. The molecule has 0 amide bonds. The molecule has 0 fully saturated rings. The van der Waals surface area contributed by atoms with E-state index >= 15 is 0 Å². The van der Waals surface area contributed by atoms with Crippen LogP contribution in [0.4, 0.5) is 11.4 Å². The summed E-state index contributed by atoms with van der Waals surface area (Å²) in [5.41, 5.74) is 7.10. The predicted molar refractivity (Wildman–Crippen MR) is 76.6 cm³/mol. The van der Waals surface area contributed by atoms with Crippen LogP contribution >= 0.6 is 11.6 Å². The lowest BCUT2D eigenvalue weighted by Gasteiger charge is -2.23. The number of nitrogen functional groups attached to an aromatic ring is 1. The molecule has 0 bridgehead atoms. The van der Waals surface area contributed by atoms with Crippen molar-refractivity contribution in [2.45, 2.75) is 6.92 Å². The van der Waals surface area contributed by atoms with E-state index in [1.54, 1.807) is 12.1 Å². The lowest BCUT2D eigenvalue weighted by Crippen LogP contribution is -2.34. The van der Waals surface area contributed by atoms with Gasteiger partial charge in [0.1, 0.15) is 0 Å². The molecule has 0 saturated carbocycles. The summed E-state index contributed by atoms with van der Waals surface area (Å²) in [6, 6.07) is 5.39. The van der Waals surface area contributed by atoms with Crippen LogP contribution in [-0.2, 0) is 10.0 Å². The number of benzene rings is 1. The molecule has 1 aromatic carbocycles.